The van der Waals surface area contributed by atoms with E-state index < -0.39 is 5.24 Å². The molecule has 0 radical (unpaired) electrons. The molecule has 3 nitrogen and oxygen atoms in total. The summed E-state index contributed by atoms with van der Waals surface area (Å²) in [5.74, 6) is 0. The number of fused-ring (bicyclic) bond motifs is 1. The second kappa shape index (κ2) is 6.86. The zero-order valence-electron chi connectivity index (χ0n) is 11.9. The van der Waals surface area contributed by atoms with Crippen LogP contribution in [0.4, 0.5) is 0 Å². The van der Waals surface area contributed by atoms with Gasteiger partial charge >= 0.3 is 0 Å². The highest BCUT2D eigenvalue weighted by Gasteiger charge is 2.12. The minimum absolute atomic E-state index is 0. The molecule has 0 saturated carbocycles. The number of rotatable bonds is 3. The van der Waals surface area contributed by atoms with Gasteiger partial charge in [0, 0.05) is 28.9 Å². The van der Waals surface area contributed by atoms with Crippen LogP contribution in [0.15, 0.2) is 48.8 Å². The Morgan fingerprint density at radius 2 is 1.86 bits per heavy atom. The van der Waals surface area contributed by atoms with E-state index in [1.54, 1.807) is 18.5 Å². The average Bonchev–Trinajstić information content (AvgIpc) is 2.54. The number of benzene rings is 1. The molecule has 0 aliphatic heterocycles. The summed E-state index contributed by atoms with van der Waals surface area (Å²) in [6, 6.07) is 11.4. The second-order valence-corrected chi connectivity index (χ2v) is 5.11. The normalized spacial score (nSPS) is 10.3. The maximum Gasteiger partial charge on any atom is 0.253 e. The zero-order chi connectivity index (χ0) is 14.8. The number of carbonyl (C=O) groups excluding carboxylic acids is 1. The number of pyridine rings is 2. The molecule has 0 N–H and O–H groups in total. The molecule has 1 aromatic carbocycles. The Morgan fingerprint density at radius 1 is 1.14 bits per heavy atom. The van der Waals surface area contributed by atoms with Gasteiger partial charge in [-0.05, 0) is 53.9 Å². The van der Waals surface area contributed by atoms with Gasteiger partial charge in [0.25, 0.3) is 5.24 Å². The number of halogens is 2. The number of carbonyl (C=O) groups is 1. The van der Waals surface area contributed by atoms with E-state index in [4.69, 9.17) is 11.6 Å². The van der Waals surface area contributed by atoms with Crippen LogP contribution in [0.1, 0.15) is 22.8 Å². The summed E-state index contributed by atoms with van der Waals surface area (Å²) in [7, 11) is 0. The van der Waals surface area contributed by atoms with Gasteiger partial charge in [0.15, 0.2) is 0 Å². The summed E-state index contributed by atoms with van der Waals surface area (Å²) in [4.78, 5) is 20.4. The average molecular weight is 333 g/mol. The monoisotopic (exact) mass is 332 g/mol. The maximum absolute atomic E-state index is 11.8. The molecular formula is C17H14Cl2N2O. The van der Waals surface area contributed by atoms with Gasteiger partial charge < -0.3 is 0 Å². The van der Waals surface area contributed by atoms with Crippen molar-refractivity contribution < 1.29 is 4.79 Å². The van der Waals surface area contributed by atoms with Crippen LogP contribution in [0.25, 0.3) is 22.2 Å². The van der Waals surface area contributed by atoms with Gasteiger partial charge in [0.05, 0.1) is 11.2 Å². The van der Waals surface area contributed by atoms with Gasteiger partial charge in [0.2, 0.25) is 0 Å². The molecule has 0 amide bonds. The van der Waals surface area contributed by atoms with Crippen molar-refractivity contribution in [3.63, 3.8) is 0 Å². The predicted octanol–water partition coefficient (Wildman–Crippen LogP) is 4.66. The molecule has 0 saturated heterocycles. The van der Waals surface area contributed by atoms with E-state index in [9.17, 15) is 4.79 Å². The van der Waals surface area contributed by atoms with E-state index >= 15 is 0 Å². The van der Waals surface area contributed by atoms with Crippen LogP contribution < -0.4 is 0 Å². The lowest BCUT2D eigenvalue weighted by Gasteiger charge is -2.08. The first-order chi connectivity index (χ1) is 10.2. The van der Waals surface area contributed by atoms with Crippen molar-refractivity contribution in [2.45, 2.75) is 13.3 Å². The second-order valence-electron chi connectivity index (χ2n) is 4.77. The fourth-order valence-electron chi connectivity index (χ4n) is 2.33. The summed E-state index contributed by atoms with van der Waals surface area (Å²) in [6.07, 6.45) is 4.30. The highest BCUT2D eigenvalue weighted by molar-refractivity contribution is 6.68. The summed E-state index contributed by atoms with van der Waals surface area (Å²) < 4.78 is 0. The predicted molar refractivity (Wildman–Crippen MR) is 91.8 cm³/mol. The Hall–Kier alpha value is -1.97. The number of nitrogens with zero attached hydrogens (tertiary/aromatic N) is 2. The van der Waals surface area contributed by atoms with E-state index in [1.807, 2.05) is 30.3 Å². The molecule has 112 valence electrons. The van der Waals surface area contributed by atoms with E-state index in [0.29, 0.717) is 5.56 Å². The molecule has 0 bridgehead atoms. The van der Waals surface area contributed by atoms with Crippen molar-refractivity contribution in [1.82, 2.24) is 9.97 Å². The van der Waals surface area contributed by atoms with Gasteiger partial charge in [0.1, 0.15) is 0 Å². The summed E-state index contributed by atoms with van der Waals surface area (Å²) in [6.45, 7) is 2.07. The van der Waals surface area contributed by atoms with Crippen LogP contribution in [-0.4, -0.2) is 15.2 Å². The van der Waals surface area contributed by atoms with Crippen molar-refractivity contribution in [1.29, 1.82) is 0 Å². The standard InChI is InChI=1S/C17H13ClN2O.ClH/c1-2-11-3-4-15-13(9-11)14(17(18)21)10-16(20-15)12-5-7-19-8-6-12;/h3-10H,2H2,1H3;1H. The molecule has 0 atom stereocenters. The van der Waals surface area contributed by atoms with Gasteiger partial charge in [-0.2, -0.15) is 0 Å². The molecule has 3 rings (SSSR count). The Morgan fingerprint density at radius 3 is 2.50 bits per heavy atom. The molecule has 22 heavy (non-hydrogen) atoms. The number of aryl methyl sites for hydroxylation is 1. The van der Waals surface area contributed by atoms with Crippen LogP contribution in [0.5, 0.6) is 0 Å². The third kappa shape index (κ3) is 3.11. The third-order valence-corrected chi connectivity index (χ3v) is 3.67. The first-order valence-electron chi connectivity index (χ1n) is 6.73. The minimum atomic E-state index is -0.467. The fraction of sp³-hybridized carbons (Fsp3) is 0.118. The van der Waals surface area contributed by atoms with Crippen LogP contribution in [-0.2, 0) is 6.42 Å². The van der Waals surface area contributed by atoms with Gasteiger partial charge in [-0.25, -0.2) is 4.98 Å². The smallest absolute Gasteiger partial charge is 0.253 e. The number of hydrogen-bond donors (Lipinski definition) is 0. The molecular weight excluding hydrogens is 319 g/mol. The largest absolute Gasteiger partial charge is 0.276 e. The molecule has 2 heterocycles. The molecule has 0 spiro atoms. The molecule has 5 heteroatoms. The molecule has 0 unspecified atom stereocenters. The lowest BCUT2D eigenvalue weighted by Crippen LogP contribution is -1.97. The van der Waals surface area contributed by atoms with E-state index in [2.05, 4.69) is 16.9 Å². The first-order valence-corrected chi connectivity index (χ1v) is 7.10. The van der Waals surface area contributed by atoms with Gasteiger partial charge in [-0.1, -0.05) is 13.0 Å². The Kier molecular flexibility index (Phi) is 5.11. The third-order valence-electron chi connectivity index (χ3n) is 3.47. The Balaban J connectivity index is 0.00000176. The van der Waals surface area contributed by atoms with Gasteiger partial charge in [-0.3, -0.25) is 9.78 Å². The highest BCUT2D eigenvalue weighted by Crippen LogP contribution is 2.26. The summed E-state index contributed by atoms with van der Waals surface area (Å²) in [5.41, 5.74) is 4.04. The minimum Gasteiger partial charge on any atom is -0.276 e. The molecule has 3 aromatic rings. The van der Waals surface area contributed by atoms with Crippen molar-refractivity contribution in [2.75, 3.05) is 0 Å². The zero-order valence-corrected chi connectivity index (χ0v) is 13.5. The van der Waals surface area contributed by atoms with Crippen LogP contribution >= 0.6 is 24.0 Å². The van der Waals surface area contributed by atoms with Crippen molar-refractivity contribution >= 4 is 40.2 Å². The Labute approximate surface area is 139 Å². The number of hydrogen-bond acceptors (Lipinski definition) is 3. The highest BCUT2D eigenvalue weighted by atomic mass is 35.5. The SMILES string of the molecule is CCc1ccc2nc(-c3ccncc3)cc(C(=O)Cl)c2c1.Cl. The molecule has 0 aliphatic rings. The number of aromatic nitrogens is 2. The van der Waals surface area contributed by atoms with Crippen molar-refractivity contribution in [3.8, 4) is 11.3 Å². The first kappa shape index (κ1) is 16.4. The van der Waals surface area contributed by atoms with Crippen molar-refractivity contribution in [3.05, 3.63) is 59.9 Å². The lowest BCUT2D eigenvalue weighted by molar-refractivity contribution is 0.108. The van der Waals surface area contributed by atoms with E-state index in [1.165, 1.54) is 0 Å². The van der Waals surface area contributed by atoms with Crippen LogP contribution in [0.3, 0.4) is 0 Å². The topological polar surface area (TPSA) is 42.9 Å². The maximum atomic E-state index is 11.8. The van der Waals surface area contributed by atoms with E-state index in [0.717, 1.165) is 34.1 Å². The molecule has 2 aromatic heterocycles. The van der Waals surface area contributed by atoms with E-state index in [-0.39, 0.29) is 12.4 Å². The lowest BCUT2D eigenvalue weighted by atomic mass is 10.0. The van der Waals surface area contributed by atoms with Crippen LogP contribution in [0, 0.1) is 0 Å². The molecule has 0 fully saturated rings. The van der Waals surface area contributed by atoms with Gasteiger partial charge in [-0.15, -0.1) is 12.4 Å². The summed E-state index contributed by atoms with van der Waals surface area (Å²) >= 11 is 5.76. The molecule has 0 aliphatic carbocycles. The van der Waals surface area contributed by atoms with Crippen molar-refractivity contribution in [2.24, 2.45) is 0 Å². The fourth-order valence-corrected chi connectivity index (χ4v) is 2.48. The summed E-state index contributed by atoms with van der Waals surface area (Å²) in [5, 5.41) is 0.332. The van der Waals surface area contributed by atoms with Crippen LogP contribution in [0.2, 0.25) is 0 Å². The Bertz CT molecular complexity index is 820. The quantitative estimate of drug-likeness (QED) is 0.655.